The predicted molar refractivity (Wildman–Crippen MR) is 111 cm³/mol. The summed E-state index contributed by atoms with van der Waals surface area (Å²) >= 11 is 0. The molecule has 5 rings (SSSR count). The van der Waals surface area contributed by atoms with Crippen LogP contribution < -0.4 is 14.8 Å². The number of hydrogen-bond donors (Lipinski definition) is 2. The Hall–Kier alpha value is -2.50. The van der Waals surface area contributed by atoms with Crippen molar-refractivity contribution in [2.45, 2.75) is 31.5 Å². The van der Waals surface area contributed by atoms with Crippen LogP contribution in [0.3, 0.4) is 0 Å². The van der Waals surface area contributed by atoms with Crippen LogP contribution in [0.5, 0.6) is 17.2 Å². The summed E-state index contributed by atoms with van der Waals surface area (Å²) in [6.07, 6.45) is 2.45. The lowest BCUT2D eigenvalue weighted by molar-refractivity contribution is 0.185. The van der Waals surface area contributed by atoms with Crippen LogP contribution in [-0.4, -0.2) is 43.9 Å². The number of benzene rings is 3. The number of phenols is 1. The molecule has 2 aliphatic rings. The molecule has 0 aromatic heterocycles. The average Bonchev–Trinajstić information content (AvgIpc) is 3.20. The zero-order chi connectivity index (χ0) is 19.4. The Balaban J connectivity index is 1.92. The SMILES string of the molecule is CNC1c2c(c3cc(O)c(OC)cc3c3cc(OC)ccc23)CN2CCCC12. The molecule has 1 saturated heterocycles. The monoisotopic (exact) mass is 378 g/mol. The van der Waals surface area contributed by atoms with Crippen LogP contribution >= 0.6 is 0 Å². The number of fused-ring (bicyclic) bond motifs is 7. The van der Waals surface area contributed by atoms with Gasteiger partial charge in [0.15, 0.2) is 11.5 Å². The zero-order valence-corrected chi connectivity index (χ0v) is 16.6. The van der Waals surface area contributed by atoms with Gasteiger partial charge in [0.2, 0.25) is 0 Å². The largest absolute Gasteiger partial charge is 0.504 e. The Kier molecular flexibility index (Phi) is 4.11. The maximum atomic E-state index is 10.5. The number of rotatable bonds is 3. The molecular weight excluding hydrogens is 352 g/mol. The zero-order valence-electron chi connectivity index (χ0n) is 16.6. The minimum atomic E-state index is 0.184. The third kappa shape index (κ3) is 2.39. The van der Waals surface area contributed by atoms with Gasteiger partial charge in [0.05, 0.1) is 14.2 Å². The van der Waals surface area contributed by atoms with Crippen LogP contribution in [0.1, 0.15) is 30.0 Å². The van der Waals surface area contributed by atoms with E-state index < -0.39 is 0 Å². The van der Waals surface area contributed by atoms with Crippen molar-refractivity contribution in [2.75, 3.05) is 27.8 Å². The minimum Gasteiger partial charge on any atom is -0.504 e. The van der Waals surface area contributed by atoms with Crippen LogP contribution in [0.25, 0.3) is 21.5 Å². The van der Waals surface area contributed by atoms with Crippen molar-refractivity contribution in [1.29, 1.82) is 0 Å². The Bertz CT molecular complexity index is 1080. The van der Waals surface area contributed by atoms with Crippen LogP contribution in [-0.2, 0) is 6.54 Å². The van der Waals surface area contributed by atoms with Gasteiger partial charge < -0.3 is 19.9 Å². The van der Waals surface area contributed by atoms with Crippen LogP contribution in [0.4, 0.5) is 0 Å². The second-order valence-electron chi connectivity index (χ2n) is 7.82. The van der Waals surface area contributed by atoms with Gasteiger partial charge in [-0.2, -0.15) is 0 Å². The highest BCUT2D eigenvalue weighted by molar-refractivity contribution is 6.12. The Morgan fingerprint density at radius 3 is 2.61 bits per heavy atom. The molecule has 2 atom stereocenters. The number of nitrogens with one attached hydrogen (secondary N) is 1. The molecule has 2 aliphatic heterocycles. The molecule has 0 aliphatic carbocycles. The summed E-state index contributed by atoms with van der Waals surface area (Å²) in [6, 6.07) is 10.9. The van der Waals surface area contributed by atoms with E-state index in [-0.39, 0.29) is 11.8 Å². The average molecular weight is 378 g/mol. The molecule has 1 fully saturated rings. The number of ether oxygens (including phenoxy) is 2. The van der Waals surface area contributed by atoms with Gasteiger partial charge in [0.25, 0.3) is 0 Å². The normalized spacial score (nSPS) is 21.7. The summed E-state index contributed by atoms with van der Waals surface area (Å²) in [5.74, 6) is 1.51. The van der Waals surface area contributed by atoms with E-state index in [0.29, 0.717) is 11.8 Å². The maximum Gasteiger partial charge on any atom is 0.161 e. The van der Waals surface area contributed by atoms with Gasteiger partial charge in [-0.25, -0.2) is 0 Å². The third-order valence-electron chi connectivity index (χ3n) is 6.56. The van der Waals surface area contributed by atoms with Crippen molar-refractivity contribution in [3.8, 4) is 17.2 Å². The molecule has 0 bridgehead atoms. The highest BCUT2D eigenvalue weighted by atomic mass is 16.5. The maximum absolute atomic E-state index is 10.5. The first-order valence-electron chi connectivity index (χ1n) is 9.90. The van der Waals surface area contributed by atoms with E-state index in [2.05, 4.69) is 29.4 Å². The summed E-state index contributed by atoms with van der Waals surface area (Å²) in [6.45, 7) is 2.05. The second-order valence-corrected chi connectivity index (χ2v) is 7.82. The molecule has 0 saturated carbocycles. The number of nitrogens with zero attached hydrogens (tertiary/aromatic N) is 1. The Labute approximate surface area is 164 Å². The summed E-state index contributed by atoms with van der Waals surface area (Å²) in [5.41, 5.74) is 2.67. The molecule has 3 aromatic rings. The van der Waals surface area contributed by atoms with Gasteiger partial charge in [-0.3, -0.25) is 4.90 Å². The molecule has 5 heteroatoms. The molecule has 0 radical (unpaired) electrons. The first-order chi connectivity index (χ1) is 13.7. The second kappa shape index (κ2) is 6.54. The van der Waals surface area contributed by atoms with Crippen molar-refractivity contribution in [3.63, 3.8) is 0 Å². The summed E-state index contributed by atoms with van der Waals surface area (Å²) in [7, 11) is 5.34. The van der Waals surface area contributed by atoms with Gasteiger partial charge in [-0.1, -0.05) is 6.07 Å². The lowest BCUT2D eigenvalue weighted by atomic mass is 9.82. The molecule has 0 spiro atoms. The smallest absolute Gasteiger partial charge is 0.161 e. The molecule has 2 N–H and O–H groups in total. The molecule has 28 heavy (non-hydrogen) atoms. The highest BCUT2D eigenvalue weighted by Gasteiger charge is 2.39. The van der Waals surface area contributed by atoms with E-state index in [0.717, 1.165) is 35.0 Å². The first kappa shape index (κ1) is 17.6. The molecule has 2 unspecified atom stereocenters. The van der Waals surface area contributed by atoms with Crippen LogP contribution in [0.2, 0.25) is 0 Å². The number of aromatic hydroxyl groups is 1. The first-order valence-corrected chi connectivity index (χ1v) is 9.90. The van der Waals surface area contributed by atoms with Crippen molar-refractivity contribution >= 4 is 21.5 Å². The molecule has 146 valence electrons. The van der Waals surface area contributed by atoms with E-state index >= 15 is 0 Å². The summed E-state index contributed by atoms with van der Waals surface area (Å²) < 4.78 is 10.9. The fourth-order valence-electron chi connectivity index (χ4n) is 5.30. The van der Waals surface area contributed by atoms with E-state index in [4.69, 9.17) is 9.47 Å². The highest BCUT2D eigenvalue weighted by Crippen LogP contribution is 2.47. The summed E-state index contributed by atoms with van der Waals surface area (Å²) in [5, 5.41) is 18.7. The van der Waals surface area contributed by atoms with Gasteiger partial charge in [-0.05, 0) is 83.4 Å². The number of hydrogen-bond acceptors (Lipinski definition) is 5. The van der Waals surface area contributed by atoms with Crippen molar-refractivity contribution in [1.82, 2.24) is 10.2 Å². The quantitative estimate of drug-likeness (QED) is 0.676. The fraction of sp³-hybridized carbons (Fsp3) is 0.391. The van der Waals surface area contributed by atoms with Crippen LogP contribution in [0, 0.1) is 0 Å². The summed E-state index contributed by atoms with van der Waals surface area (Å²) in [4.78, 5) is 2.58. The van der Waals surface area contributed by atoms with E-state index in [1.54, 1.807) is 14.2 Å². The number of likely N-dealkylation sites (N-methyl/N-ethyl adjacent to an activating group) is 1. The molecule has 0 amide bonds. The number of methoxy groups -OCH3 is 2. The minimum absolute atomic E-state index is 0.184. The van der Waals surface area contributed by atoms with E-state index in [1.807, 2.05) is 18.2 Å². The van der Waals surface area contributed by atoms with Crippen LogP contribution in [0.15, 0.2) is 30.3 Å². The number of phenolic OH excluding ortho intramolecular Hbond substituents is 1. The van der Waals surface area contributed by atoms with Crippen molar-refractivity contribution in [2.24, 2.45) is 0 Å². The Morgan fingerprint density at radius 1 is 1.04 bits per heavy atom. The Morgan fingerprint density at radius 2 is 1.86 bits per heavy atom. The van der Waals surface area contributed by atoms with Crippen molar-refractivity contribution in [3.05, 3.63) is 41.5 Å². The van der Waals surface area contributed by atoms with Gasteiger partial charge in [0, 0.05) is 18.6 Å². The molecular formula is C23H26N2O3. The van der Waals surface area contributed by atoms with E-state index in [9.17, 15) is 5.11 Å². The van der Waals surface area contributed by atoms with Gasteiger partial charge in [0.1, 0.15) is 5.75 Å². The lowest BCUT2D eigenvalue weighted by Crippen LogP contribution is -2.43. The van der Waals surface area contributed by atoms with E-state index in [1.165, 1.54) is 29.4 Å². The predicted octanol–water partition coefficient (Wildman–Crippen LogP) is 3.95. The molecule has 5 nitrogen and oxygen atoms in total. The topological polar surface area (TPSA) is 54.0 Å². The lowest BCUT2D eigenvalue weighted by Gasteiger charge is -2.40. The standard InChI is InChI=1S/C23H26N2O3/c1-24-23-19-5-4-8-25(19)12-18-16-10-20(26)21(28-3)11-17(16)15-9-13(27-2)6-7-14(15)22(18)23/h6-7,9-11,19,23-24,26H,4-5,8,12H2,1-3H3. The van der Waals surface area contributed by atoms with Gasteiger partial charge in [-0.15, -0.1) is 0 Å². The van der Waals surface area contributed by atoms with Gasteiger partial charge >= 0.3 is 0 Å². The molecule has 3 aromatic carbocycles. The van der Waals surface area contributed by atoms with Crippen molar-refractivity contribution < 1.29 is 14.6 Å². The third-order valence-corrected chi connectivity index (χ3v) is 6.56. The molecule has 2 heterocycles. The fourth-order valence-corrected chi connectivity index (χ4v) is 5.30.